The van der Waals surface area contributed by atoms with Gasteiger partial charge in [-0.2, -0.15) is 23.3 Å². The number of aromatic nitrogens is 2. The van der Waals surface area contributed by atoms with E-state index in [0.717, 1.165) is 39.0 Å². The summed E-state index contributed by atoms with van der Waals surface area (Å²) in [7, 11) is 0. The van der Waals surface area contributed by atoms with E-state index in [4.69, 9.17) is 4.42 Å². The molecule has 0 amide bonds. The van der Waals surface area contributed by atoms with E-state index < -0.39 is 0 Å². The summed E-state index contributed by atoms with van der Waals surface area (Å²) in [6, 6.07) is 42.3. The van der Waals surface area contributed by atoms with E-state index in [0.29, 0.717) is 17.9 Å². The van der Waals surface area contributed by atoms with Gasteiger partial charge in [0.25, 0.3) is 0 Å². The summed E-state index contributed by atoms with van der Waals surface area (Å²) >= 11 is 0. The second-order valence-corrected chi connectivity index (χ2v) is 13.5. The molecule has 0 fully saturated rings. The molecule has 0 saturated heterocycles. The Labute approximate surface area is 314 Å². The van der Waals surface area contributed by atoms with Gasteiger partial charge in [0, 0.05) is 29.1 Å². The molecule has 0 atom stereocenters. The average molecular weight is 849 g/mol. The van der Waals surface area contributed by atoms with E-state index in [-0.39, 0.29) is 20.1 Å². The molecule has 3 heterocycles. The second kappa shape index (κ2) is 15.5. The van der Waals surface area contributed by atoms with Gasteiger partial charge in [-0.3, -0.25) is 4.98 Å². The van der Waals surface area contributed by atoms with Crippen molar-refractivity contribution in [1.82, 2.24) is 14.5 Å². The van der Waals surface area contributed by atoms with Crippen molar-refractivity contribution in [2.45, 2.75) is 59.4 Å². The molecule has 7 heteroatoms. The maximum atomic E-state index is 6.01. The summed E-state index contributed by atoms with van der Waals surface area (Å²) in [6.07, 6.45) is 5.78. The molecule has 1 aliphatic heterocycles. The van der Waals surface area contributed by atoms with Crippen LogP contribution >= 0.6 is 0 Å². The number of para-hydroxylation sites is 1. The van der Waals surface area contributed by atoms with Gasteiger partial charge in [-0.15, -0.1) is 42.6 Å². The van der Waals surface area contributed by atoms with E-state index >= 15 is 0 Å². The number of furan rings is 1. The van der Waals surface area contributed by atoms with Crippen molar-refractivity contribution in [1.29, 1.82) is 0 Å². The van der Waals surface area contributed by atoms with Crippen LogP contribution in [-0.2, 0) is 20.1 Å². The molecule has 0 radical (unpaired) electrons. The van der Waals surface area contributed by atoms with Gasteiger partial charge in [0.2, 0.25) is 0 Å². The van der Waals surface area contributed by atoms with Crippen molar-refractivity contribution < 1.29 is 24.5 Å². The first-order valence-electron chi connectivity index (χ1n) is 17.3. The van der Waals surface area contributed by atoms with Crippen LogP contribution in [0.15, 0.2) is 125 Å². The molecule has 51 heavy (non-hydrogen) atoms. The van der Waals surface area contributed by atoms with Crippen LogP contribution in [0.25, 0.3) is 50.1 Å². The number of hydrazone groups is 1. The number of hydrogen-bond donors (Lipinski definition) is 0. The van der Waals surface area contributed by atoms with E-state index in [9.17, 15) is 0 Å². The first-order chi connectivity index (χ1) is 24.3. The Hall–Kier alpha value is -4.97. The van der Waals surface area contributed by atoms with E-state index in [1.165, 1.54) is 27.9 Å². The van der Waals surface area contributed by atoms with Gasteiger partial charge in [-0.1, -0.05) is 81.6 Å². The van der Waals surface area contributed by atoms with Gasteiger partial charge < -0.3 is 18.9 Å². The van der Waals surface area contributed by atoms with Crippen molar-refractivity contribution in [3.63, 3.8) is 0 Å². The molecular formula is C44H42IrN5O. The summed E-state index contributed by atoms with van der Waals surface area (Å²) < 4.78 is 8.25. The molecular weight excluding hydrogens is 807 g/mol. The minimum absolute atomic E-state index is 0. The number of hydrogen-bond acceptors (Lipinski definition) is 5. The third-order valence-corrected chi connectivity index (χ3v) is 9.05. The SMILES string of the molecule is CC(C)N1C=NN(c2[c-]ccc3c2oc2ccccc23)[CH-]1.CC(C)c1cc(-c2ccccc2)cc(C(C)C)c1-n1ccnc1-c1[c-]cccc1.[Ir+3]. The fraction of sp³-hybridized carbons (Fsp3) is 0.205. The van der Waals surface area contributed by atoms with Crippen molar-refractivity contribution in [3.05, 3.63) is 145 Å². The van der Waals surface area contributed by atoms with Crippen molar-refractivity contribution in [2.24, 2.45) is 5.10 Å². The van der Waals surface area contributed by atoms with Crippen molar-refractivity contribution in [3.8, 4) is 28.2 Å². The van der Waals surface area contributed by atoms with Crippen LogP contribution in [0.2, 0.25) is 0 Å². The molecule has 258 valence electrons. The van der Waals surface area contributed by atoms with Crippen LogP contribution < -0.4 is 5.01 Å². The number of benzene rings is 5. The van der Waals surface area contributed by atoms with Crippen LogP contribution in [0.3, 0.4) is 0 Å². The van der Waals surface area contributed by atoms with E-state index in [1.54, 1.807) is 0 Å². The minimum Gasteiger partial charge on any atom is -0.514 e. The van der Waals surface area contributed by atoms with Crippen LogP contribution in [0.4, 0.5) is 5.69 Å². The summed E-state index contributed by atoms with van der Waals surface area (Å²) in [6.45, 7) is 15.3. The van der Waals surface area contributed by atoms with Crippen molar-refractivity contribution >= 4 is 34.0 Å². The van der Waals surface area contributed by atoms with Crippen LogP contribution in [-0.4, -0.2) is 26.8 Å². The number of rotatable bonds is 7. The molecule has 1 aliphatic rings. The number of nitrogens with zero attached hydrogens (tertiary/aromatic N) is 5. The fourth-order valence-corrected chi connectivity index (χ4v) is 6.38. The molecule has 7 aromatic rings. The standard InChI is InChI=1S/C27H27N2.C17H15N3O.Ir/c1-19(2)24-17-23(21-11-7-5-8-12-21)18-25(20(3)4)26(24)29-16-15-28-27(29)22-13-9-6-10-14-22;1-12(2)19-10-18-20(11-19)15-8-5-7-14-13-6-3-4-9-16(13)21-17(14)15;/h5-13,15-20H,1-4H3;3-7,9-12H,1-2H3;/q-1;-2;+3. The third kappa shape index (κ3) is 7.28. The minimum atomic E-state index is 0. The topological polar surface area (TPSA) is 49.8 Å². The Morgan fingerprint density at radius 3 is 2.10 bits per heavy atom. The largest absolute Gasteiger partial charge is 3.00 e. The summed E-state index contributed by atoms with van der Waals surface area (Å²) in [5.74, 6) is 1.71. The molecule has 5 aromatic carbocycles. The Balaban J connectivity index is 0.000000180. The molecule has 8 rings (SSSR count). The van der Waals surface area contributed by atoms with Crippen LogP contribution in [0, 0.1) is 18.8 Å². The molecule has 2 aromatic heterocycles. The van der Waals surface area contributed by atoms with E-state index in [1.807, 2.05) is 72.7 Å². The van der Waals surface area contributed by atoms with Gasteiger partial charge >= 0.3 is 20.1 Å². The zero-order valence-electron chi connectivity index (χ0n) is 29.8. The monoisotopic (exact) mass is 849 g/mol. The molecule has 6 nitrogen and oxygen atoms in total. The molecule has 0 saturated carbocycles. The maximum absolute atomic E-state index is 6.01. The van der Waals surface area contributed by atoms with Crippen LogP contribution in [0.5, 0.6) is 0 Å². The predicted octanol–water partition coefficient (Wildman–Crippen LogP) is 11.2. The van der Waals surface area contributed by atoms with Gasteiger partial charge in [-0.25, -0.2) is 0 Å². The normalized spacial score (nSPS) is 12.6. The molecule has 0 aliphatic carbocycles. The first kappa shape index (κ1) is 35.8. The zero-order chi connectivity index (χ0) is 34.8. The smallest absolute Gasteiger partial charge is 0.514 e. The summed E-state index contributed by atoms with van der Waals surface area (Å²) in [5.41, 5.74) is 10.0. The predicted molar refractivity (Wildman–Crippen MR) is 206 cm³/mol. The Morgan fingerprint density at radius 2 is 1.43 bits per heavy atom. The number of imidazole rings is 1. The maximum Gasteiger partial charge on any atom is 3.00 e. The number of fused-ring (bicyclic) bond motifs is 3. The Morgan fingerprint density at radius 1 is 0.725 bits per heavy atom. The Kier molecular flexibility index (Phi) is 10.9. The van der Waals surface area contributed by atoms with Crippen molar-refractivity contribution in [2.75, 3.05) is 5.01 Å². The average Bonchev–Trinajstić information content (AvgIpc) is 3.91. The Bertz CT molecular complexity index is 2220. The first-order valence-corrected chi connectivity index (χ1v) is 17.3. The molecule has 0 bridgehead atoms. The van der Waals surface area contributed by atoms with E-state index in [2.05, 4.69) is 134 Å². The summed E-state index contributed by atoms with van der Waals surface area (Å²) in [4.78, 5) is 6.73. The van der Waals surface area contributed by atoms with Gasteiger partial charge in [-0.05, 0) is 77.9 Å². The molecule has 0 spiro atoms. The fourth-order valence-electron chi connectivity index (χ4n) is 6.38. The third-order valence-electron chi connectivity index (χ3n) is 9.05. The summed E-state index contributed by atoms with van der Waals surface area (Å²) in [5, 5.41) is 8.43. The number of anilines is 1. The molecule has 0 N–H and O–H groups in total. The zero-order valence-corrected chi connectivity index (χ0v) is 32.2. The van der Waals surface area contributed by atoms with Gasteiger partial charge in [0.05, 0.1) is 12.2 Å². The quantitative estimate of drug-likeness (QED) is 0.150. The van der Waals surface area contributed by atoms with Crippen LogP contribution in [0.1, 0.15) is 64.5 Å². The van der Waals surface area contributed by atoms with Gasteiger partial charge in [0.1, 0.15) is 5.58 Å². The molecule has 0 unspecified atom stereocenters. The second-order valence-electron chi connectivity index (χ2n) is 13.5. The van der Waals surface area contributed by atoms with Gasteiger partial charge in [0.15, 0.2) is 0 Å².